The number of hydrogen-bond donors (Lipinski definition) is 1. The van der Waals surface area contributed by atoms with Gasteiger partial charge in [-0.1, -0.05) is 12.1 Å². The molecule has 0 saturated carbocycles. The Labute approximate surface area is 155 Å². The van der Waals surface area contributed by atoms with Gasteiger partial charge in [0.05, 0.1) is 11.7 Å². The van der Waals surface area contributed by atoms with E-state index in [0.29, 0.717) is 6.61 Å². The molecule has 1 N–H and O–H groups in total. The minimum atomic E-state index is 0.210. The quantitative estimate of drug-likeness (QED) is 0.661. The molecule has 3 aromatic rings. The number of hydrogen-bond acceptors (Lipinski definition) is 4. The Morgan fingerprint density at radius 1 is 1.15 bits per heavy atom. The second kappa shape index (κ2) is 8.23. The highest BCUT2D eigenvalue weighted by molar-refractivity contribution is 5.82. The molecule has 1 aromatic heterocycles. The van der Waals surface area contributed by atoms with Crippen LogP contribution in [0.15, 0.2) is 48.7 Å². The second-order valence-electron chi connectivity index (χ2n) is 6.82. The third-order valence-corrected chi connectivity index (χ3v) is 4.51. The number of benzene rings is 2. The highest BCUT2D eigenvalue weighted by atomic mass is 16.5. The molecule has 1 heterocycles. The van der Waals surface area contributed by atoms with E-state index in [9.17, 15) is 0 Å². The zero-order valence-corrected chi connectivity index (χ0v) is 16.1. The number of aromatic nitrogens is 2. The number of fused-ring (bicyclic) bond motifs is 1. The molecule has 0 saturated heterocycles. The first-order valence-electron chi connectivity index (χ1n) is 9.16. The lowest BCUT2D eigenvalue weighted by atomic mass is 10.1. The van der Waals surface area contributed by atoms with Crippen molar-refractivity contribution in [2.45, 2.75) is 26.4 Å². The molecule has 0 fully saturated rings. The lowest BCUT2D eigenvalue weighted by Gasteiger charge is -2.17. The van der Waals surface area contributed by atoms with E-state index in [1.165, 1.54) is 10.9 Å². The molecule has 138 valence electrons. The number of nitrogens with zero attached hydrogens (tertiary/aromatic N) is 3. The van der Waals surface area contributed by atoms with E-state index >= 15 is 0 Å². The van der Waals surface area contributed by atoms with Gasteiger partial charge in [0.2, 0.25) is 0 Å². The van der Waals surface area contributed by atoms with Gasteiger partial charge < -0.3 is 15.0 Å². The third-order valence-electron chi connectivity index (χ3n) is 4.51. The number of likely N-dealkylation sites (N-methyl/N-ethyl adjacent to an activating group) is 1. The van der Waals surface area contributed by atoms with Gasteiger partial charge in [0, 0.05) is 30.2 Å². The van der Waals surface area contributed by atoms with E-state index in [-0.39, 0.29) is 6.04 Å². The van der Waals surface area contributed by atoms with Crippen molar-refractivity contribution in [2.75, 3.05) is 32.6 Å². The SMILES string of the molecule is CCn1ncc2ccc(NC(C)c3ccc(OCCN(C)C)cc3)cc21. The van der Waals surface area contributed by atoms with Gasteiger partial charge in [-0.05, 0) is 63.8 Å². The summed E-state index contributed by atoms with van der Waals surface area (Å²) in [5.74, 6) is 0.913. The predicted molar refractivity (Wildman–Crippen MR) is 108 cm³/mol. The zero-order valence-electron chi connectivity index (χ0n) is 16.1. The molecule has 3 rings (SSSR count). The summed E-state index contributed by atoms with van der Waals surface area (Å²) in [7, 11) is 4.09. The average molecular weight is 352 g/mol. The summed E-state index contributed by atoms with van der Waals surface area (Å²) >= 11 is 0. The Balaban J connectivity index is 1.65. The van der Waals surface area contributed by atoms with Gasteiger partial charge in [-0.25, -0.2) is 0 Å². The van der Waals surface area contributed by atoms with E-state index in [1.54, 1.807) is 0 Å². The van der Waals surface area contributed by atoms with Crippen molar-refractivity contribution in [1.82, 2.24) is 14.7 Å². The summed E-state index contributed by atoms with van der Waals surface area (Å²) in [4.78, 5) is 2.11. The molecule has 0 spiro atoms. The average Bonchev–Trinajstić information content (AvgIpc) is 3.04. The number of rotatable bonds is 8. The summed E-state index contributed by atoms with van der Waals surface area (Å²) in [6, 6.07) is 14.9. The van der Waals surface area contributed by atoms with Crippen LogP contribution in [0.4, 0.5) is 5.69 Å². The van der Waals surface area contributed by atoms with Gasteiger partial charge in [0.15, 0.2) is 0 Å². The Morgan fingerprint density at radius 3 is 2.62 bits per heavy atom. The van der Waals surface area contributed by atoms with Gasteiger partial charge in [0.25, 0.3) is 0 Å². The van der Waals surface area contributed by atoms with Gasteiger partial charge in [-0.15, -0.1) is 0 Å². The monoisotopic (exact) mass is 352 g/mol. The van der Waals surface area contributed by atoms with Gasteiger partial charge in [0.1, 0.15) is 12.4 Å². The Hall–Kier alpha value is -2.53. The van der Waals surface area contributed by atoms with Gasteiger partial charge in [-0.2, -0.15) is 5.10 Å². The van der Waals surface area contributed by atoms with Crippen LogP contribution in [-0.2, 0) is 6.54 Å². The summed E-state index contributed by atoms with van der Waals surface area (Å²) < 4.78 is 7.78. The van der Waals surface area contributed by atoms with Crippen molar-refractivity contribution < 1.29 is 4.74 Å². The molecule has 0 bridgehead atoms. The molecule has 5 heteroatoms. The van der Waals surface area contributed by atoms with Gasteiger partial charge in [-0.3, -0.25) is 4.68 Å². The van der Waals surface area contributed by atoms with Crippen molar-refractivity contribution in [3.05, 3.63) is 54.2 Å². The van der Waals surface area contributed by atoms with Crippen LogP contribution in [0.2, 0.25) is 0 Å². The van der Waals surface area contributed by atoms with Crippen molar-refractivity contribution in [2.24, 2.45) is 0 Å². The van der Waals surface area contributed by atoms with Crippen LogP contribution in [-0.4, -0.2) is 41.9 Å². The zero-order chi connectivity index (χ0) is 18.5. The summed E-state index contributed by atoms with van der Waals surface area (Å²) in [6.07, 6.45) is 1.92. The van der Waals surface area contributed by atoms with Gasteiger partial charge >= 0.3 is 0 Å². The Bertz CT molecular complexity index is 839. The summed E-state index contributed by atoms with van der Waals surface area (Å²) in [5.41, 5.74) is 3.50. The highest BCUT2D eigenvalue weighted by Gasteiger charge is 2.08. The molecular weight excluding hydrogens is 324 g/mol. The summed E-state index contributed by atoms with van der Waals surface area (Å²) in [6.45, 7) is 6.76. The lowest BCUT2D eigenvalue weighted by Crippen LogP contribution is -2.19. The minimum Gasteiger partial charge on any atom is -0.492 e. The van der Waals surface area contributed by atoms with Crippen molar-refractivity contribution in [3.63, 3.8) is 0 Å². The number of aryl methyl sites for hydroxylation is 1. The van der Waals surface area contributed by atoms with Crippen LogP contribution in [0.1, 0.15) is 25.5 Å². The number of ether oxygens (including phenoxy) is 1. The van der Waals surface area contributed by atoms with Crippen LogP contribution in [0.5, 0.6) is 5.75 Å². The van der Waals surface area contributed by atoms with Crippen LogP contribution >= 0.6 is 0 Å². The predicted octanol–water partition coefficient (Wildman–Crippen LogP) is 4.17. The maximum absolute atomic E-state index is 5.76. The van der Waals surface area contributed by atoms with Crippen molar-refractivity contribution >= 4 is 16.6 Å². The molecule has 0 amide bonds. The van der Waals surface area contributed by atoms with Crippen LogP contribution in [0.3, 0.4) is 0 Å². The molecule has 0 aliphatic heterocycles. The number of nitrogens with one attached hydrogen (secondary N) is 1. The Kier molecular flexibility index (Phi) is 5.78. The molecule has 0 aliphatic carbocycles. The van der Waals surface area contributed by atoms with E-state index in [2.05, 4.69) is 59.5 Å². The largest absolute Gasteiger partial charge is 0.492 e. The van der Waals surface area contributed by atoms with E-state index < -0.39 is 0 Å². The minimum absolute atomic E-state index is 0.210. The third kappa shape index (κ3) is 4.35. The maximum Gasteiger partial charge on any atom is 0.119 e. The van der Waals surface area contributed by atoms with Crippen molar-refractivity contribution in [1.29, 1.82) is 0 Å². The van der Waals surface area contributed by atoms with Crippen LogP contribution in [0, 0.1) is 0 Å². The molecule has 5 nitrogen and oxygen atoms in total. The van der Waals surface area contributed by atoms with Crippen LogP contribution in [0.25, 0.3) is 10.9 Å². The first kappa shape index (κ1) is 18.3. The maximum atomic E-state index is 5.76. The molecule has 0 aliphatic rings. The van der Waals surface area contributed by atoms with E-state index in [0.717, 1.165) is 30.0 Å². The van der Waals surface area contributed by atoms with E-state index in [4.69, 9.17) is 4.74 Å². The normalized spacial score (nSPS) is 12.5. The molecule has 1 atom stereocenters. The van der Waals surface area contributed by atoms with Crippen LogP contribution < -0.4 is 10.1 Å². The standard InChI is InChI=1S/C21H28N4O/c1-5-25-21-14-19(9-6-18(21)15-22-25)23-16(2)17-7-10-20(11-8-17)26-13-12-24(3)4/h6-11,14-16,23H,5,12-13H2,1-4H3. The Morgan fingerprint density at radius 2 is 1.92 bits per heavy atom. The van der Waals surface area contributed by atoms with Crippen molar-refractivity contribution in [3.8, 4) is 5.75 Å². The second-order valence-corrected chi connectivity index (χ2v) is 6.82. The molecule has 1 unspecified atom stereocenters. The lowest BCUT2D eigenvalue weighted by molar-refractivity contribution is 0.261. The summed E-state index contributed by atoms with van der Waals surface area (Å²) in [5, 5.41) is 9.16. The molecular formula is C21H28N4O. The first-order chi connectivity index (χ1) is 12.6. The highest BCUT2D eigenvalue weighted by Crippen LogP contribution is 2.24. The smallest absolute Gasteiger partial charge is 0.119 e. The van der Waals surface area contributed by atoms with E-state index in [1.807, 2.05) is 37.1 Å². The topological polar surface area (TPSA) is 42.3 Å². The molecule has 26 heavy (non-hydrogen) atoms. The molecule has 0 radical (unpaired) electrons. The fourth-order valence-corrected chi connectivity index (χ4v) is 2.94. The fourth-order valence-electron chi connectivity index (χ4n) is 2.94. The number of anilines is 1. The fraction of sp³-hybridized carbons (Fsp3) is 0.381. The molecule has 2 aromatic carbocycles. The first-order valence-corrected chi connectivity index (χ1v) is 9.16.